The lowest BCUT2D eigenvalue weighted by molar-refractivity contribution is -0.384. The standard InChI is InChI=1S/C19H19N3O4/c1-20(2)15-9-10-17-16(12-15)18(23)4-3-11-21(17)19(24)13-5-7-14(8-6-13)22(25)26/h5-10,12H,3-4,11H2,1-2H3. The predicted molar refractivity (Wildman–Crippen MR) is 99.1 cm³/mol. The highest BCUT2D eigenvalue weighted by atomic mass is 16.6. The normalized spacial score (nSPS) is 13.8. The van der Waals surface area contributed by atoms with E-state index in [4.69, 9.17) is 0 Å². The zero-order valence-corrected chi connectivity index (χ0v) is 14.6. The molecule has 0 bridgehead atoms. The number of nitro groups is 1. The number of ketones is 1. The second-order valence-electron chi connectivity index (χ2n) is 6.38. The summed E-state index contributed by atoms with van der Waals surface area (Å²) in [6.45, 7) is 0.426. The maximum absolute atomic E-state index is 13.0. The number of nitro benzene ring substituents is 1. The van der Waals surface area contributed by atoms with E-state index in [0.29, 0.717) is 36.2 Å². The molecule has 0 radical (unpaired) electrons. The van der Waals surface area contributed by atoms with Crippen LogP contribution in [0.25, 0.3) is 0 Å². The minimum Gasteiger partial charge on any atom is -0.378 e. The molecule has 1 aliphatic heterocycles. The van der Waals surface area contributed by atoms with Gasteiger partial charge in [-0.1, -0.05) is 0 Å². The molecule has 0 atom stereocenters. The van der Waals surface area contributed by atoms with Crippen LogP contribution in [0.15, 0.2) is 42.5 Å². The van der Waals surface area contributed by atoms with Gasteiger partial charge in [0.2, 0.25) is 0 Å². The van der Waals surface area contributed by atoms with Gasteiger partial charge in [0.05, 0.1) is 10.6 Å². The summed E-state index contributed by atoms with van der Waals surface area (Å²) < 4.78 is 0. The fraction of sp³-hybridized carbons (Fsp3) is 0.263. The number of hydrogen-bond acceptors (Lipinski definition) is 5. The number of carbonyl (C=O) groups is 2. The lowest BCUT2D eigenvalue weighted by atomic mass is 10.0. The van der Waals surface area contributed by atoms with Gasteiger partial charge >= 0.3 is 0 Å². The fourth-order valence-electron chi connectivity index (χ4n) is 3.01. The Kier molecular flexibility index (Phi) is 4.71. The second kappa shape index (κ2) is 6.95. The third kappa shape index (κ3) is 3.28. The van der Waals surface area contributed by atoms with Crippen molar-refractivity contribution in [3.05, 3.63) is 63.7 Å². The number of rotatable bonds is 3. The smallest absolute Gasteiger partial charge is 0.269 e. The van der Waals surface area contributed by atoms with Gasteiger partial charge in [-0.15, -0.1) is 0 Å². The lowest BCUT2D eigenvalue weighted by Crippen LogP contribution is -2.31. The van der Waals surface area contributed by atoms with Crippen molar-refractivity contribution in [1.29, 1.82) is 0 Å². The zero-order chi connectivity index (χ0) is 18.8. The van der Waals surface area contributed by atoms with Gasteiger partial charge in [-0.3, -0.25) is 19.7 Å². The van der Waals surface area contributed by atoms with Crippen LogP contribution in [-0.2, 0) is 0 Å². The van der Waals surface area contributed by atoms with Gasteiger partial charge < -0.3 is 9.80 Å². The molecule has 0 saturated heterocycles. The van der Waals surface area contributed by atoms with Crippen molar-refractivity contribution in [3.8, 4) is 0 Å². The number of fused-ring (bicyclic) bond motifs is 1. The first-order valence-corrected chi connectivity index (χ1v) is 8.29. The molecule has 7 heteroatoms. The zero-order valence-electron chi connectivity index (χ0n) is 14.6. The van der Waals surface area contributed by atoms with Crippen LogP contribution < -0.4 is 9.80 Å². The van der Waals surface area contributed by atoms with Crippen molar-refractivity contribution in [2.45, 2.75) is 12.8 Å². The molecule has 0 aromatic heterocycles. The van der Waals surface area contributed by atoms with Crippen molar-refractivity contribution in [2.75, 3.05) is 30.4 Å². The van der Waals surface area contributed by atoms with Gasteiger partial charge in [0.15, 0.2) is 5.78 Å². The van der Waals surface area contributed by atoms with Gasteiger partial charge in [-0.25, -0.2) is 0 Å². The van der Waals surface area contributed by atoms with Crippen LogP contribution >= 0.6 is 0 Å². The Balaban J connectivity index is 1.99. The fourth-order valence-corrected chi connectivity index (χ4v) is 3.01. The lowest BCUT2D eigenvalue weighted by Gasteiger charge is -2.24. The summed E-state index contributed by atoms with van der Waals surface area (Å²) in [6.07, 6.45) is 0.956. The van der Waals surface area contributed by atoms with Crippen LogP contribution in [0, 0.1) is 10.1 Å². The van der Waals surface area contributed by atoms with Crippen LogP contribution in [0.3, 0.4) is 0 Å². The van der Waals surface area contributed by atoms with Crippen molar-refractivity contribution in [3.63, 3.8) is 0 Å². The van der Waals surface area contributed by atoms with Crippen LogP contribution in [-0.4, -0.2) is 37.3 Å². The van der Waals surface area contributed by atoms with E-state index in [1.807, 2.05) is 25.1 Å². The number of non-ortho nitro benzene ring substituents is 1. The monoisotopic (exact) mass is 353 g/mol. The number of benzene rings is 2. The Labute approximate surface area is 151 Å². The molecule has 7 nitrogen and oxygen atoms in total. The summed E-state index contributed by atoms with van der Waals surface area (Å²) in [5.74, 6) is -0.254. The number of nitrogens with zero attached hydrogens (tertiary/aromatic N) is 3. The van der Waals surface area contributed by atoms with Crippen LogP contribution in [0.5, 0.6) is 0 Å². The Morgan fingerprint density at radius 3 is 2.46 bits per heavy atom. The molecule has 0 aliphatic carbocycles. The average Bonchev–Trinajstić information content (AvgIpc) is 2.80. The summed E-state index contributed by atoms with van der Waals surface area (Å²) >= 11 is 0. The van der Waals surface area contributed by atoms with E-state index < -0.39 is 4.92 Å². The Bertz CT molecular complexity index is 875. The first-order valence-electron chi connectivity index (χ1n) is 8.29. The van der Waals surface area contributed by atoms with E-state index in [9.17, 15) is 19.7 Å². The molecule has 1 heterocycles. The topological polar surface area (TPSA) is 83.8 Å². The molecule has 1 amide bonds. The van der Waals surface area contributed by atoms with Gasteiger partial charge in [0, 0.05) is 56.0 Å². The quantitative estimate of drug-likeness (QED) is 0.624. The molecule has 0 spiro atoms. The Hall–Kier alpha value is -3.22. The van der Waals surface area contributed by atoms with E-state index in [2.05, 4.69) is 0 Å². The van der Waals surface area contributed by atoms with Crippen molar-refractivity contribution in [2.24, 2.45) is 0 Å². The summed E-state index contributed by atoms with van der Waals surface area (Å²) in [5.41, 5.74) is 2.29. The molecule has 0 N–H and O–H groups in total. The predicted octanol–water partition coefficient (Wildman–Crippen LogP) is 3.28. The molecule has 134 valence electrons. The summed E-state index contributed by atoms with van der Waals surface area (Å²) in [5, 5.41) is 10.8. The maximum atomic E-state index is 13.0. The highest BCUT2D eigenvalue weighted by Gasteiger charge is 2.26. The van der Waals surface area contributed by atoms with Gasteiger partial charge in [0.1, 0.15) is 0 Å². The molecule has 3 rings (SSSR count). The third-order valence-electron chi connectivity index (χ3n) is 4.44. The number of carbonyl (C=O) groups excluding carboxylic acids is 2. The number of anilines is 2. The van der Waals surface area contributed by atoms with Crippen molar-refractivity contribution < 1.29 is 14.5 Å². The van der Waals surface area contributed by atoms with E-state index in [0.717, 1.165) is 5.69 Å². The number of Topliss-reactive ketones (excluding diaryl/α,β-unsaturated/α-hetero) is 1. The molecule has 0 unspecified atom stereocenters. The second-order valence-corrected chi connectivity index (χ2v) is 6.38. The van der Waals surface area contributed by atoms with Gasteiger partial charge in [-0.05, 0) is 36.8 Å². The largest absolute Gasteiger partial charge is 0.378 e. The Morgan fingerprint density at radius 2 is 1.85 bits per heavy atom. The number of amides is 1. The first kappa shape index (κ1) is 17.6. The molecule has 2 aromatic carbocycles. The molecular weight excluding hydrogens is 334 g/mol. The van der Waals surface area contributed by atoms with Gasteiger partial charge in [0.25, 0.3) is 11.6 Å². The van der Waals surface area contributed by atoms with Gasteiger partial charge in [-0.2, -0.15) is 0 Å². The molecule has 0 fully saturated rings. The number of hydrogen-bond donors (Lipinski definition) is 0. The minimum absolute atomic E-state index is 0.0164. The van der Waals surface area contributed by atoms with Crippen LogP contribution in [0.2, 0.25) is 0 Å². The Morgan fingerprint density at radius 1 is 1.15 bits per heavy atom. The summed E-state index contributed by atoms with van der Waals surface area (Å²) in [7, 11) is 3.78. The maximum Gasteiger partial charge on any atom is 0.269 e. The van der Waals surface area contributed by atoms with Crippen molar-refractivity contribution >= 4 is 28.8 Å². The average molecular weight is 353 g/mol. The third-order valence-corrected chi connectivity index (χ3v) is 4.44. The molecule has 1 aliphatic rings. The highest BCUT2D eigenvalue weighted by molar-refractivity contribution is 6.12. The SMILES string of the molecule is CN(C)c1ccc2c(c1)C(=O)CCCN2C(=O)c1ccc([N+](=O)[O-])cc1. The molecule has 26 heavy (non-hydrogen) atoms. The molecular formula is C19H19N3O4. The van der Waals surface area contributed by atoms with Crippen LogP contribution in [0.4, 0.5) is 17.1 Å². The first-order chi connectivity index (χ1) is 12.4. The molecule has 0 saturated carbocycles. The highest BCUT2D eigenvalue weighted by Crippen LogP contribution is 2.31. The minimum atomic E-state index is -0.503. The van der Waals surface area contributed by atoms with E-state index in [-0.39, 0.29) is 17.4 Å². The summed E-state index contributed by atoms with van der Waals surface area (Å²) in [4.78, 5) is 39.2. The van der Waals surface area contributed by atoms with E-state index in [1.54, 1.807) is 17.0 Å². The molecule has 2 aromatic rings. The van der Waals surface area contributed by atoms with Crippen molar-refractivity contribution in [1.82, 2.24) is 0 Å². The van der Waals surface area contributed by atoms with E-state index >= 15 is 0 Å². The summed E-state index contributed by atoms with van der Waals surface area (Å²) in [6, 6.07) is 11.0. The van der Waals surface area contributed by atoms with Crippen LogP contribution in [0.1, 0.15) is 33.6 Å². The van der Waals surface area contributed by atoms with E-state index in [1.165, 1.54) is 24.3 Å².